The molecular weight excluding hydrogens is 248 g/mol. The summed E-state index contributed by atoms with van der Waals surface area (Å²) in [5, 5.41) is 0. The van der Waals surface area contributed by atoms with Gasteiger partial charge in [0.15, 0.2) is 23.2 Å². The molecule has 18 heavy (non-hydrogen) atoms. The first kappa shape index (κ1) is 12.3. The second-order valence-corrected chi connectivity index (χ2v) is 3.56. The molecule has 0 saturated heterocycles. The molecule has 0 fully saturated rings. The predicted molar refractivity (Wildman–Crippen MR) is 56.1 cm³/mol. The van der Waals surface area contributed by atoms with Gasteiger partial charge in [-0.2, -0.15) is 0 Å². The molecule has 2 rings (SSSR count). The minimum absolute atomic E-state index is 0.139. The molecule has 0 aliphatic heterocycles. The Morgan fingerprint density at radius 3 is 2.28 bits per heavy atom. The summed E-state index contributed by atoms with van der Waals surface area (Å²) in [6.07, 6.45) is 0. The first-order chi connectivity index (χ1) is 8.50. The van der Waals surface area contributed by atoms with Gasteiger partial charge in [-0.1, -0.05) is 12.1 Å². The smallest absolute Gasteiger partial charge is 0.196 e. The Hall–Kier alpha value is -2.17. The van der Waals surface area contributed by atoms with Crippen LogP contribution in [-0.4, -0.2) is 5.78 Å². The van der Waals surface area contributed by atoms with Crippen molar-refractivity contribution in [2.45, 2.75) is 0 Å². The van der Waals surface area contributed by atoms with Gasteiger partial charge in [-0.05, 0) is 24.3 Å². The molecule has 1 nitrogen and oxygen atoms in total. The Kier molecular flexibility index (Phi) is 3.14. The maximum absolute atomic E-state index is 13.4. The van der Waals surface area contributed by atoms with Crippen molar-refractivity contribution in [3.63, 3.8) is 0 Å². The highest BCUT2D eigenvalue weighted by molar-refractivity contribution is 6.09. The van der Waals surface area contributed by atoms with Crippen molar-refractivity contribution in [1.29, 1.82) is 0 Å². The van der Waals surface area contributed by atoms with E-state index in [1.54, 1.807) is 0 Å². The molecule has 2 aromatic carbocycles. The van der Waals surface area contributed by atoms with Crippen molar-refractivity contribution >= 4 is 5.78 Å². The summed E-state index contributed by atoms with van der Waals surface area (Å²) in [6.45, 7) is 0. The van der Waals surface area contributed by atoms with Gasteiger partial charge < -0.3 is 0 Å². The standard InChI is InChI=1S/C13H6F4O/c14-8-3-1-2-7(6-8)13(18)9-4-5-10(15)12(17)11(9)16/h1-6H. The molecule has 0 amide bonds. The highest BCUT2D eigenvalue weighted by Crippen LogP contribution is 2.18. The van der Waals surface area contributed by atoms with E-state index in [2.05, 4.69) is 0 Å². The van der Waals surface area contributed by atoms with Crippen LogP contribution in [0.3, 0.4) is 0 Å². The van der Waals surface area contributed by atoms with Crippen molar-refractivity contribution in [2.75, 3.05) is 0 Å². The molecule has 0 heterocycles. The van der Waals surface area contributed by atoms with E-state index in [1.807, 2.05) is 0 Å². The van der Waals surface area contributed by atoms with Gasteiger partial charge >= 0.3 is 0 Å². The van der Waals surface area contributed by atoms with Gasteiger partial charge in [0.25, 0.3) is 0 Å². The number of benzene rings is 2. The molecule has 0 bridgehead atoms. The quantitative estimate of drug-likeness (QED) is 0.455. The van der Waals surface area contributed by atoms with Crippen LogP contribution in [0.5, 0.6) is 0 Å². The van der Waals surface area contributed by atoms with Crippen molar-refractivity contribution in [1.82, 2.24) is 0 Å². The molecule has 0 unspecified atom stereocenters. The van der Waals surface area contributed by atoms with E-state index in [4.69, 9.17) is 0 Å². The molecule has 0 N–H and O–H groups in total. The zero-order valence-corrected chi connectivity index (χ0v) is 8.88. The number of ketones is 1. The summed E-state index contributed by atoms with van der Waals surface area (Å²) in [4.78, 5) is 11.8. The minimum Gasteiger partial charge on any atom is -0.288 e. The number of hydrogen-bond donors (Lipinski definition) is 0. The van der Waals surface area contributed by atoms with E-state index < -0.39 is 34.6 Å². The van der Waals surface area contributed by atoms with Crippen LogP contribution < -0.4 is 0 Å². The van der Waals surface area contributed by atoms with Crippen molar-refractivity contribution < 1.29 is 22.4 Å². The summed E-state index contributed by atoms with van der Waals surface area (Å²) < 4.78 is 52.0. The second-order valence-electron chi connectivity index (χ2n) is 3.56. The van der Waals surface area contributed by atoms with E-state index in [0.717, 1.165) is 18.2 Å². The average Bonchev–Trinajstić information content (AvgIpc) is 2.35. The zero-order chi connectivity index (χ0) is 13.3. The van der Waals surface area contributed by atoms with Gasteiger partial charge in [-0.3, -0.25) is 4.79 Å². The van der Waals surface area contributed by atoms with Crippen LogP contribution in [0.25, 0.3) is 0 Å². The van der Waals surface area contributed by atoms with Gasteiger partial charge in [-0.25, -0.2) is 17.6 Å². The van der Waals surface area contributed by atoms with Gasteiger partial charge in [0.2, 0.25) is 0 Å². The molecule has 0 spiro atoms. The lowest BCUT2D eigenvalue weighted by molar-refractivity contribution is 0.103. The second kappa shape index (κ2) is 4.60. The van der Waals surface area contributed by atoms with E-state index in [1.165, 1.54) is 12.1 Å². The molecule has 0 aliphatic rings. The molecule has 5 heteroatoms. The summed E-state index contributed by atoms with van der Waals surface area (Å²) in [6, 6.07) is 5.99. The van der Waals surface area contributed by atoms with Crippen LogP contribution in [0.15, 0.2) is 36.4 Å². The minimum atomic E-state index is -1.72. The third-order valence-electron chi connectivity index (χ3n) is 2.37. The highest BCUT2D eigenvalue weighted by Gasteiger charge is 2.20. The number of halogens is 4. The van der Waals surface area contributed by atoms with Crippen molar-refractivity contribution in [3.05, 3.63) is 70.8 Å². The molecule has 2 aromatic rings. The summed E-state index contributed by atoms with van der Waals surface area (Å²) in [5.41, 5.74) is -0.778. The maximum Gasteiger partial charge on any atom is 0.196 e. The SMILES string of the molecule is O=C(c1cccc(F)c1)c1ccc(F)c(F)c1F. The van der Waals surface area contributed by atoms with Crippen LogP contribution in [0.1, 0.15) is 15.9 Å². The maximum atomic E-state index is 13.4. The highest BCUT2D eigenvalue weighted by atomic mass is 19.2. The Balaban J connectivity index is 2.50. The van der Waals surface area contributed by atoms with Crippen molar-refractivity contribution in [3.8, 4) is 0 Å². The zero-order valence-electron chi connectivity index (χ0n) is 8.88. The first-order valence-corrected chi connectivity index (χ1v) is 4.94. The van der Waals surface area contributed by atoms with Crippen LogP contribution in [0, 0.1) is 23.3 Å². The fourth-order valence-electron chi connectivity index (χ4n) is 1.49. The Morgan fingerprint density at radius 2 is 1.61 bits per heavy atom. The largest absolute Gasteiger partial charge is 0.288 e. The lowest BCUT2D eigenvalue weighted by Gasteiger charge is -2.04. The van der Waals surface area contributed by atoms with E-state index in [0.29, 0.717) is 6.07 Å². The fraction of sp³-hybridized carbons (Fsp3) is 0. The molecule has 0 saturated carbocycles. The fourth-order valence-corrected chi connectivity index (χ4v) is 1.49. The molecular formula is C13H6F4O. The molecule has 92 valence electrons. The first-order valence-electron chi connectivity index (χ1n) is 4.94. The third-order valence-corrected chi connectivity index (χ3v) is 2.37. The molecule has 0 aromatic heterocycles. The van der Waals surface area contributed by atoms with Gasteiger partial charge in [-0.15, -0.1) is 0 Å². The third kappa shape index (κ3) is 2.11. The van der Waals surface area contributed by atoms with Crippen LogP contribution in [0.2, 0.25) is 0 Å². The Labute approximate surface area is 99.7 Å². The summed E-state index contributed by atoms with van der Waals surface area (Å²) >= 11 is 0. The van der Waals surface area contributed by atoms with E-state index >= 15 is 0 Å². The van der Waals surface area contributed by atoms with E-state index in [9.17, 15) is 22.4 Å². The number of carbonyl (C=O) groups excluding carboxylic acids is 1. The van der Waals surface area contributed by atoms with Gasteiger partial charge in [0, 0.05) is 5.56 Å². The van der Waals surface area contributed by atoms with E-state index in [-0.39, 0.29) is 5.56 Å². The lowest BCUT2D eigenvalue weighted by Crippen LogP contribution is -2.07. The Bertz CT molecular complexity index is 622. The average molecular weight is 254 g/mol. The molecule has 0 radical (unpaired) electrons. The number of rotatable bonds is 2. The number of hydrogen-bond acceptors (Lipinski definition) is 1. The van der Waals surface area contributed by atoms with Crippen LogP contribution in [0.4, 0.5) is 17.6 Å². The normalized spacial score (nSPS) is 10.4. The predicted octanol–water partition coefficient (Wildman–Crippen LogP) is 3.47. The number of carbonyl (C=O) groups is 1. The van der Waals surface area contributed by atoms with Crippen LogP contribution in [-0.2, 0) is 0 Å². The lowest BCUT2D eigenvalue weighted by atomic mass is 10.0. The van der Waals surface area contributed by atoms with Crippen LogP contribution >= 0.6 is 0 Å². The summed E-state index contributed by atoms with van der Waals surface area (Å²) in [5.74, 6) is -6.28. The van der Waals surface area contributed by atoms with Crippen molar-refractivity contribution in [2.24, 2.45) is 0 Å². The molecule has 0 aliphatic carbocycles. The summed E-state index contributed by atoms with van der Waals surface area (Å²) in [7, 11) is 0. The van der Waals surface area contributed by atoms with Gasteiger partial charge in [0.05, 0.1) is 5.56 Å². The molecule has 0 atom stereocenters. The van der Waals surface area contributed by atoms with Gasteiger partial charge in [0.1, 0.15) is 5.82 Å². The Morgan fingerprint density at radius 1 is 0.889 bits per heavy atom. The topological polar surface area (TPSA) is 17.1 Å². The monoisotopic (exact) mass is 254 g/mol.